The molecule has 53 heavy (non-hydrogen) atoms. The van der Waals surface area contributed by atoms with Crippen LogP contribution in [0, 0.1) is 17.8 Å². The Kier molecular flexibility index (Phi) is 9.37. The average molecular weight is 760 g/mol. The van der Waals surface area contributed by atoms with Crippen LogP contribution in [0.25, 0.3) is 0 Å². The molecule has 1 saturated heterocycles. The van der Waals surface area contributed by atoms with Gasteiger partial charge in [0.15, 0.2) is 5.69 Å². The zero-order valence-electron chi connectivity index (χ0n) is 29.0. The van der Waals surface area contributed by atoms with Gasteiger partial charge in [0.25, 0.3) is 5.91 Å². The standard InChI is InChI=1S/C36H41F8N5O4/c1-20-12-21-14-22(13-20)34(16-21,30(51)52)47-29(50)25-17-45-31(46-28(25)36(42,43)44)49-18-32(6-8-33(37,38)9-7-32)26-15-24(2-3-27(26)49)53-23-4-10-48(11-5-23)19-35(39,40)41/h2-3,15,17,20-23H,4-14,16,18-19H2,1H3,(H,47,50)(H,51,52). The van der Waals surface area contributed by atoms with Gasteiger partial charge in [-0.15, -0.1) is 0 Å². The summed E-state index contributed by atoms with van der Waals surface area (Å²) in [6.45, 7) is 1.28. The lowest BCUT2D eigenvalue weighted by Gasteiger charge is -2.38. The van der Waals surface area contributed by atoms with E-state index in [1.165, 1.54) is 9.80 Å². The molecule has 1 amide bonds. The Morgan fingerprint density at radius 1 is 1.02 bits per heavy atom. The predicted molar refractivity (Wildman–Crippen MR) is 174 cm³/mol. The first-order valence-corrected chi connectivity index (χ1v) is 18.0. The van der Waals surface area contributed by atoms with E-state index >= 15 is 0 Å². The van der Waals surface area contributed by atoms with E-state index < -0.39 is 89.7 Å². The summed E-state index contributed by atoms with van der Waals surface area (Å²) < 4.78 is 118. The Labute approximate surface area is 300 Å². The second kappa shape index (κ2) is 13.2. The van der Waals surface area contributed by atoms with Gasteiger partial charge in [-0.3, -0.25) is 9.69 Å². The summed E-state index contributed by atoms with van der Waals surface area (Å²) in [5.74, 6) is -5.73. The first-order chi connectivity index (χ1) is 24.8. The van der Waals surface area contributed by atoms with Crippen LogP contribution in [-0.4, -0.2) is 81.8 Å². The van der Waals surface area contributed by atoms with Crippen LogP contribution in [0.15, 0.2) is 24.4 Å². The number of ether oxygens (including phenoxy) is 1. The molecule has 1 spiro atoms. The second-order valence-corrected chi connectivity index (χ2v) is 15.8. The van der Waals surface area contributed by atoms with Gasteiger partial charge in [-0.05, 0) is 92.9 Å². The van der Waals surface area contributed by atoms with Crippen LogP contribution in [-0.2, 0) is 16.4 Å². The average Bonchev–Trinajstić information content (AvgIpc) is 3.52. The topological polar surface area (TPSA) is 108 Å². The molecule has 4 fully saturated rings. The molecule has 2 aromatic rings. The summed E-state index contributed by atoms with van der Waals surface area (Å²) in [5.41, 5.74) is -4.18. The van der Waals surface area contributed by atoms with Crippen molar-refractivity contribution in [2.75, 3.05) is 31.1 Å². The lowest BCUT2D eigenvalue weighted by molar-refractivity contribution is -0.149. The Bertz CT molecular complexity index is 1740. The smallest absolute Gasteiger partial charge is 0.434 e. The number of nitrogens with one attached hydrogen (secondary N) is 1. The number of piperidine rings is 1. The highest BCUT2D eigenvalue weighted by Gasteiger charge is 2.57. The summed E-state index contributed by atoms with van der Waals surface area (Å²) in [5, 5.41) is 12.7. The van der Waals surface area contributed by atoms with Crippen molar-refractivity contribution >= 4 is 23.5 Å². The van der Waals surface area contributed by atoms with Crippen molar-refractivity contribution in [2.24, 2.45) is 17.8 Å². The Balaban J connectivity index is 1.17. The fourth-order valence-corrected chi connectivity index (χ4v) is 9.61. The number of fused-ring (bicyclic) bond motifs is 4. The fourth-order valence-electron chi connectivity index (χ4n) is 9.61. The van der Waals surface area contributed by atoms with Crippen molar-refractivity contribution in [2.45, 2.75) is 106 Å². The van der Waals surface area contributed by atoms with Crippen LogP contribution in [0.5, 0.6) is 5.75 Å². The molecule has 3 aliphatic carbocycles. The predicted octanol–water partition coefficient (Wildman–Crippen LogP) is 7.51. The molecule has 290 valence electrons. The highest BCUT2D eigenvalue weighted by atomic mass is 19.4. The number of anilines is 2. The van der Waals surface area contributed by atoms with E-state index in [9.17, 15) is 49.8 Å². The number of carboxylic acids is 1. The third-order valence-corrected chi connectivity index (χ3v) is 12.1. The minimum atomic E-state index is -5.14. The zero-order chi connectivity index (χ0) is 38.1. The van der Waals surface area contributed by atoms with E-state index in [1.54, 1.807) is 18.2 Å². The molecule has 2 bridgehead atoms. The summed E-state index contributed by atoms with van der Waals surface area (Å²) in [6, 6.07) is 4.82. The lowest BCUT2D eigenvalue weighted by atomic mass is 9.69. The molecule has 9 nitrogen and oxygen atoms in total. The number of carbonyl (C=O) groups is 2. The molecule has 4 unspecified atom stereocenters. The van der Waals surface area contributed by atoms with Crippen molar-refractivity contribution in [3.05, 3.63) is 41.2 Å². The number of rotatable bonds is 7. The monoisotopic (exact) mass is 759 g/mol. The van der Waals surface area contributed by atoms with Crippen LogP contribution in [0.2, 0.25) is 0 Å². The normalized spacial score (nSPS) is 28.5. The number of hydrogen-bond acceptors (Lipinski definition) is 7. The number of likely N-dealkylation sites (tertiary alicyclic amines) is 1. The number of carboxylic acid groups (broad SMARTS) is 1. The lowest BCUT2D eigenvalue weighted by Crippen LogP contribution is -2.57. The maximum Gasteiger partial charge on any atom is 0.434 e. The molecule has 3 heterocycles. The number of amides is 1. The molecule has 0 radical (unpaired) electrons. The van der Waals surface area contributed by atoms with E-state index in [-0.39, 0.29) is 50.7 Å². The van der Waals surface area contributed by atoms with Crippen LogP contribution in [0.1, 0.15) is 92.7 Å². The Morgan fingerprint density at radius 3 is 2.36 bits per heavy atom. The van der Waals surface area contributed by atoms with Crippen molar-refractivity contribution in [1.29, 1.82) is 0 Å². The van der Waals surface area contributed by atoms with Crippen molar-refractivity contribution in [3.63, 3.8) is 0 Å². The molecule has 5 aliphatic rings. The van der Waals surface area contributed by atoms with E-state index in [0.717, 1.165) is 12.6 Å². The van der Waals surface area contributed by atoms with Crippen molar-refractivity contribution in [1.82, 2.24) is 20.2 Å². The van der Waals surface area contributed by atoms with Gasteiger partial charge in [0.05, 0.1) is 12.1 Å². The molecule has 2 aliphatic heterocycles. The molecule has 3 saturated carbocycles. The first-order valence-electron chi connectivity index (χ1n) is 18.0. The van der Waals surface area contributed by atoms with Gasteiger partial charge in [0.1, 0.15) is 17.4 Å². The first kappa shape index (κ1) is 37.6. The van der Waals surface area contributed by atoms with E-state index in [1.807, 2.05) is 6.92 Å². The largest absolute Gasteiger partial charge is 0.490 e. The summed E-state index contributed by atoms with van der Waals surface area (Å²) in [4.78, 5) is 36.9. The van der Waals surface area contributed by atoms with Gasteiger partial charge in [-0.1, -0.05) is 6.92 Å². The molecular formula is C36H41F8N5O4. The molecule has 1 aromatic heterocycles. The summed E-state index contributed by atoms with van der Waals surface area (Å²) in [6.07, 6.45) is -7.41. The molecule has 7 rings (SSSR count). The molecule has 2 N–H and O–H groups in total. The van der Waals surface area contributed by atoms with Crippen molar-refractivity contribution in [3.8, 4) is 5.75 Å². The molecular weight excluding hydrogens is 718 g/mol. The minimum Gasteiger partial charge on any atom is -0.490 e. The van der Waals surface area contributed by atoms with Gasteiger partial charge in [-0.25, -0.2) is 23.5 Å². The quantitative estimate of drug-likeness (QED) is 0.280. The second-order valence-electron chi connectivity index (χ2n) is 15.8. The molecule has 4 atom stereocenters. The molecule has 17 heteroatoms. The maximum atomic E-state index is 14.7. The summed E-state index contributed by atoms with van der Waals surface area (Å²) in [7, 11) is 0. The van der Waals surface area contributed by atoms with Gasteiger partial charge < -0.3 is 20.1 Å². The number of hydrogen-bond donors (Lipinski definition) is 2. The third kappa shape index (κ3) is 7.38. The number of carbonyl (C=O) groups excluding carboxylic acids is 1. The van der Waals surface area contributed by atoms with E-state index in [4.69, 9.17) is 4.74 Å². The van der Waals surface area contributed by atoms with Gasteiger partial charge in [0.2, 0.25) is 11.9 Å². The minimum absolute atomic E-state index is 0.00739. The molecule has 1 aromatic carbocycles. The van der Waals surface area contributed by atoms with Crippen molar-refractivity contribution < 1.29 is 54.6 Å². The highest BCUT2D eigenvalue weighted by Crippen LogP contribution is 2.55. The van der Waals surface area contributed by atoms with E-state index in [0.29, 0.717) is 42.7 Å². The number of aromatic nitrogens is 2. The van der Waals surface area contributed by atoms with Crippen LogP contribution in [0.3, 0.4) is 0 Å². The van der Waals surface area contributed by atoms with Gasteiger partial charge in [0, 0.05) is 49.8 Å². The third-order valence-electron chi connectivity index (χ3n) is 12.1. The number of benzene rings is 1. The van der Waals surface area contributed by atoms with Crippen LogP contribution in [0.4, 0.5) is 46.8 Å². The van der Waals surface area contributed by atoms with Crippen LogP contribution >= 0.6 is 0 Å². The zero-order valence-corrected chi connectivity index (χ0v) is 29.0. The Hall–Kier alpha value is -3.76. The van der Waals surface area contributed by atoms with Gasteiger partial charge >= 0.3 is 18.3 Å². The maximum absolute atomic E-state index is 14.7. The van der Waals surface area contributed by atoms with Gasteiger partial charge in [-0.2, -0.15) is 26.3 Å². The van der Waals surface area contributed by atoms with E-state index in [2.05, 4.69) is 15.3 Å². The SMILES string of the molecule is CC1CC2CC(C1)C(NC(=O)c1cnc(N3CC4(CCC(F)(F)CC4)c4cc(OC5CCN(CC(F)(F)F)CC5)ccc43)nc1C(F)(F)F)(C(=O)O)C2. The Morgan fingerprint density at radius 2 is 1.72 bits per heavy atom. The fraction of sp³-hybridized carbons (Fsp3) is 0.667. The number of aliphatic carboxylic acids is 1. The number of alkyl halides is 8. The van der Waals surface area contributed by atoms with Crippen LogP contribution < -0.4 is 15.0 Å². The summed E-state index contributed by atoms with van der Waals surface area (Å²) >= 11 is 0. The number of nitrogens with zero attached hydrogens (tertiary/aromatic N) is 4. The number of halogens is 8. The highest BCUT2D eigenvalue weighted by molar-refractivity contribution is 5.99.